The fraction of sp³-hybridized carbons (Fsp3) is 0.667. The molecule has 2 unspecified atom stereocenters. The molecule has 0 aliphatic rings. The van der Waals surface area contributed by atoms with Gasteiger partial charge in [-0.2, -0.15) is 0 Å². The molecule has 0 spiro atoms. The largest absolute Gasteiger partial charge is 0.345 e. The van der Waals surface area contributed by atoms with Gasteiger partial charge in [-0.05, 0) is 39.7 Å². The zero-order valence-corrected chi connectivity index (χ0v) is 12.3. The van der Waals surface area contributed by atoms with Crippen molar-refractivity contribution in [3.63, 3.8) is 0 Å². The Kier molecular flexibility index (Phi) is 9.70. The molecule has 2 atom stereocenters. The summed E-state index contributed by atoms with van der Waals surface area (Å²) in [5.74, 6) is -0.666. The van der Waals surface area contributed by atoms with Crippen LogP contribution in [-0.2, 0) is 19.2 Å². The number of hydrogen-bond acceptors (Lipinski definition) is 5. The lowest BCUT2D eigenvalue weighted by atomic mass is 9.52. The number of hydrogen-bond donors (Lipinski definition) is 2. The van der Waals surface area contributed by atoms with E-state index in [1.807, 2.05) is 0 Å². The van der Waals surface area contributed by atoms with Gasteiger partial charge in [0.1, 0.15) is 7.17 Å². The number of ketones is 1. The third-order valence-electron chi connectivity index (χ3n) is 3.02. The second kappa shape index (κ2) is 10.4. The third-order valence-corrected chi connectivity index (χ3v) is 3.02. The molecule has 0 bridgehead atoms. The Morgan fingerprint density at radius 2 is 1.67 bits per heavy atom. The van der Waals surface area contributed by atoms with E-state index < -0.39 is 23.7 Å². The van der Waals surface area contributed by atoms with Crippen LogP contribution in [0.15, 0.2) is 0 Å². The molecule has 2 N–H and O–H groups in total. The van der Waals surface area contributed by atoms with Crippen LogP contribution in [0.25, 0.3) is 0 Å². The summed E-state index contributed by atoms with van der Waals surface area (Å²) in [5.41, 5.74) is -0.801. The van der Waals surface area contributed by atoms with Crippen LogP contribution >= 0.6 is 0 Å². The molecule has 0 rings (SSSR count). The van der Waals surface area contributed by atoms with Gasteiger partial charge in [0.2, 0.25) is 5.91 Å². The lowest BCUT2D eigenvalue weighted by molar-refractivity contribution is -0.128. The number of Topliss-reactive ketones (excluding diaryl/α,β-unsaturated/α-hetero) is 1. The van der Waals surface area contributed by atoms with Gasteiger partial charge in [0.25, 0.3) is 0 Å². The van der Waals surface area contributed by atoms with Crippen LogP contribution in [0.5, 0.6) is 0 Å². The second-order valence-corrected chi connectivity index (χ2v) is 4.69. The lowest BCUT2D eigenvalue weighted by Crippen LogP contribution is -2.49. The minimum atomic E-state index is -0.758. The van der Waals surface area contributed by atoms with E-state index in [0.29, 0.717) is 0 Å². The Bertz CT molecular complexity index is 404. The van der Waals surface area contributed by atoms with Crippen molar-refractivity contribution in [1.29, 1.82) is 0 Å². The summed E-state index contributed by atoms with van der Waals surface area (Å²) < 4.78 is 0. The van der Waals surface area contributed by atoms with Crippen molar-refractivity contribution in [2.45, 2.75) is 44.7 Å². The van der Waals surface area contributed by atoms with Gasteiger partial charge < -0.3 is 20.2 Å². The van der Waals surface area contributed by atoms with E-state index in [-0.39, 0.29) is 37.1 Å². The molecule has 0 heterocycles. The molecule has 0 aliphatic heterocycles. The summed E-state index contributed by atoms with van der Waals surface area (Å²) in [4.78, 5) is 45.4. The third kappa shape index (κ3) is 8.50. The Morgan fingerprint density at radius 3 is 2.10 bits per heavy atom. The van der Waals surface area contributed by atoms with Crippen molar-refractivity contribution in [1.82, 2.24) is 10.6 Å². The standard InChI is InChI=1S/C12H18B3N2O4/c1-7(18)8(4-6-11(20)15-14)17-12(21)9(16-2)3-5-10(13)19/h8-9,16H,3-6H2,1-2H3,(H,17,21). The predicted octanol–water partition coefficient (Wildman–Crippen LogP) is -1.78. The molecular weight excluding hydrogens is 269 g/mol. The average Bonchev–Trinajstić information content (AvgIpc) is 2.42. The van der Waals surface area contributed by atoms with Crippen LogP contribution in [0.3, 0.4) is 0 Å². The Labute approximate surface area is 128 Å². The van der Waals surface area contributed by atoms with Crippen molar-refractivity contribution >= 4 is 45.8 Å². The zero-order valence-electron chi connectivity index (χ0n) is 12.3. The Hall–Kier alpha value is -1.37. The van der Waals surface area contributed by atoms with E-state index >= 15 is 0 Å². The molecule has 21 heavy (non-hydrogen) atoms. The highest BCUT2D eigenvalue weighted by Crippen LogP contribution is 2.03. The SMILES string of the molecule is [B][B]C(=O)CCC(NC(=O)C(CCC([B])=O)NC)C(C)=O. The van der Waals surface area contributed by atoms with Crippen molar-refractivity contribution < 1.29 is 19.2 Å². The number of carbonyl (C=O) groups excluding carboxylic acids is 4. The van der Waals surface area contributed by atoms with E-state index in [2.05, 4.69) is 10.6 Å². The van der Waals surface area contributed by atoms with E-state index in [9.17, 15) is 19.2 Å². The van der Waals surface area contributed by atoms with Gasteiger partial charge in [0.15, 0.2) is 13.6 Å². The number of carbonyl (C=O) groups is 4. The maximum atomic E-state index is 12.0. The fourth-order valence-electron chi connectivity index (χ4n) is 1.71. The van der Waals surface area contributed by atoms with Crippen molar-refractivity contribution in [2.75, 3.05) is 7.05 Å². The number of likely N-dealkylation sites (N-methyl/N-ethyl adjacent to an activating group) is 1. The first-order valence-corrected chi connectivity index (χ1v) is 6.66. The highest BCUT2D eigenvalue weighted by Gasteiger charge is 2.23. The summed E-state index contributed by atoms with van der Waals surface area (Å²) in [5, 5.41) is 5.31. The highest BCUT2D eigenvalue weighted by molar-refractivity contribution is 7.08. The van der Waals surface area contributed by atoms with Gasteiger partial charge >= 0.3 is 0 Å². The van der Waals surface area contributed by atoms with E-state index in [1.54, 1.807) is 7.05 Å². The van der Waals surface area contributed by atoms with Gasteiger partial charge in [0, 0.05) is 7.74 Å². The molecule has 109 valence electrons. The van der Waals surface area contributed by atoms with E-state index in [0.717, 1.165) is 7.17 Å². The first kappa shape index (κ1) is 19.6. The van der Waals surface area contributed by atoms with Crippen LogP contribution < -0.4 is 10.6 Å². The van der Waals surface area contributed by atoms with Gasteiger partial charge in [-0.3, -0.25) is 9.59 Å². The molecule has 0 saturated carbocycles. The molecule has 0 aromatic heterocycles. The molecule has 0 fully saturated rings. The summed E-state index contributed by atoms with van der Waals surface area (Å²) in [7, 11) is 12.6. The monoisotopic (exact) mass is 287 g/mol. The van der Waals surface area contributed by atoms with Crippen molar-refractivity contribution in [3.05, 3.63) is 0 Å². The Balaban J connectivity index is 4.53. The molecule has 9 heteroatoms. The highest BCUT2D eigenvalue weighted by atomic mass is 16.2. The molecule has 0 aromatic carbocycles. The van der Waals surface area contributed by atoms with Crippen LogP contribution in [0, 0.1) is 0 Å². The van der Waals surface area contributed by atoms with Crippen molar-refractivity contribution in [3.8, 4) is 0 Å². The smallest absolute Gasteiger partial charge is 0.237 e. The van der Waals surface area contributed by atoms with Gasteiger partial charge in [-0.15, -0.1) is 0 Å². The van der Waals surface area contributed by atoms with Crippen LogP contribution in [0.1, 0.15) is 32.6 Å². The molecule has 5 radical (unpaired) electrons. The maximum Gasteiger partial charge on any atom is 0.237 e. The number of rotatable bonds is 11. The summed E-state index contributed by atoms with van der Waals surface area (Å²) >= 11 is 0. The van der Waals surface area contributed by atoms with Crippen LogP contribution in [-0.4, -0.2) is 64.9 Å². The average molecular weight is 287 g/mol. The fourth-order valence-corrected chi connectivity index (χ4v) is 1.71. The lowest BCUT2D eigenvalue weighted by Gasteiger charge is -2.20. The molecule has 6 nitrogen and oxygen atoms in total. The zero-order chi connectivity index (χ0) is 16.4. The van der Waals surface area contributed by atoms with Crippen molar-refractivity contribution in [2.24, 2.45) is 0 Å². The van der Waals surface area contributed by atoms with Gasteiger partial charge in [-0.25, -0.2) is 0 Å². The minimum Gasteiger partial charge on any atom is -0.345 e. The van der Waals surface area contributed by atoms with Gasteiger partial charge in [0.05, 0.1) is 23.4 Å². The molecule has 0 saturated heterocycles. The van der Waals surface area contributed by atoms with Crippen LogP contribution in [0.2, 0.25) is 0 Å². The quantitative estimate of drug-likeness (QED) is 0.438. The number of nitrogens with one attached hydrogen (secondary N) is 2. The first-order chi connectivity index (χ1) is 9.81. The van der Waals surface area contributed by atoms with Gasteiger partial charge in [-0.1, -0.05) is 0 Å². The summed E-state index contributed by atoms with van der Waals surface area (Å²) in [6, 6.07) is -1.39. The normalized spacial score (nSPS) is 13.0. The predicted molar refractivity (Wildman–Crippen MR) is 81.2 cm³/mol. The second-order valence-electron chi connectivity index (χ2n) is 4.69. The maximum absolute atomic E-state index is 12.0. The Morgan fingerprint density at radius 1 is 1.10 bits per heavy atom. The summed E-state index contributed by atoms with van der Waals surface area (Å²) in [6.07, 6.45) is 0.550. The van der Waals surface area contributed by atoms with Crippen LogP contribution in [0.4, 0.5) is 0 Å². The topological polar surface area (TPSA) is 92.3 Å². The summed E-state index contributed by atoms with van der Waals surface area (Å²) in [6.45, 7) is 1.33. The molecule has 0 aliphatic carbocycles. The first-order valence-electron chi connectivity index (χ1n) is 6.66. The molecule has 1 amide bonds. The molecule has 0 aromatic rings. The van der Waals surface area contributed by atoms with E-state index in [4.69, 9.17) is 15.6 Å². The molecular formula is C12H18B3N2O4. The minimum absolute atomic E-state index is 0.0598. The number of amides is 1. The van der Waals surface area contributed by atoms with E-state index in [1.165, 1.54) is 6.92 Å².